The Morgan fingerprint density at radius 3 is 0.640 bits per heavy atom. The van der Waals surface area contributed by atoms with Crippen LogP contribution in [0, 0.1) is 114 Å². The first-order chi connectivity index (χ1) is 40.6. The van der Waals surface area contributed by atoms with E-state index in [2.05, 4.69) is 83.1 Å². The molecule has 16 saturated carbocycles. The summed E-state index contributed by atoms with van der Waals surface area (Å²) in [7, 11) is 0. The Kier molecular flexibility index (Phi) is 16.6. The number of hydrogen-bond donors (Lipinski definition) is 0. The molecule has 0 heterocycles. The first-order valence-corrected chi connectivity index (χ1v) is 37.6. The first kappa shape index (κ1) is 64.0. The normalized spacial score (nSPS) is 40.3. The number of rotatable bonds is 27. The molecule has 8 heteroatoms. The van der Waals surface area contributed by atoms with E-state index < -0.39 is 44.1 Å². The lowest BCUT2D eigenvalue weighted by Gasteiger charge is -2.63. The standard InChI is InChI=1S/C78H126O8/c1-15-68(12,64(80)84-76(18-4,19-5)72-39-54-27-55(40-72)29-56(28-54)41-72)49-70(14,66(82)86-78(22-8,23-9)74-45-60-33-61(46-74)35-62(34-60)47-74)50-69(13,65(81)85-77(20-6,21-7)73-42-57-30-58(43-73)32-59(31-57)44-73)48-67(10,11)63(79)83-75(16-2,17-3)71-36-51-24-52(37-71)26-53(25-51)38-71/h51-62H,15-50H2,1-14H3. The maximum atomic E-state index is 16.9. The van der Waals surface area contributed by atoms with E-state index in [1.54, 1.807) is 0 Å². The van der Waals surface area contributed by atoms with Gasteiger partial charge in [0.05, 0.1) is 21.7 Å². The van der Waals surface area contributed by atoms with Gasteiger partial charge in [-0.1, -0.05) is 62.3 Å². The van der Waals surface area contributed by atoms with Gasteiger partial charge in [-0.3, -0.25) is 19.2 Å². The van der Waals surface area contributed by atoms with Crippen molar-refractivity contribution in [3.63, 3.8) is 0 Å². The average Bonchev–Trinajstić information content (AvgIpc) is 0.750. The van der Waals surface area contributed by atoms with Crippen molar-refractivity contribution in [1.82, 2.24) is 0 Å². The third kappa shape index (κ3) is 10.0. The molecule has 16 fully saturated rings. The zero-order valence-electron chi connectivity index (χ0n) is 57.7. The number of carbonyl (C=O) groups excluding carboxylic acids is 4. The van der Waals surface area contributed by atoms with E-state index in [-0.39, 0.29) is 64.8 Å². The van der Waals surface area contributed by atoms with E-state index in [1.807, 2.05) is 13.8 Å². The highest BCUT2D eigenvalue weighted by Crippen LogP contribution is 2.71. The maximum absolute atomic E-state index is 16.9. The smallest absolute Gasteiger partial charge is 0.312 e. The summed E-state index contributed by atoms with van der Waals surface area (Å²) in [5.41, 5.74) is -7.84. The molecule has 0 N–H and O–H groups in total. The molecule has 16 rings (SSSR count). The van der Waals surface area contributed by atoms with Crippen molar-refractivity contribution >= 4 is 23.9 Å². The van der Waals surface area contributed by atoms with Crippen LogP contribution in [0.5, 0.6) is 0 Å². The molecule has 486 valence electrons. The van der Waals surface area contributed by atoms with Crippen LogP contribution in [0.3, 0.4) is 0 Å². The second-order valence-corrected chi connectivity index (χ2v) is 36.6. The Labute approximate surface area is 524 Å². The molecule has 8 nitrogen and oxygen atoms in total. The quantitative estimate of drug-likeness (QED) is 0.0592. The second kappa shape index (κ2) is 22.3. The van der Waals surface area contributed by atoms with Crippen LogP contribution in [0.2, 0.25) is 0 Å². The van der Waals surface area contributed by atoms with Crippen LogP contribution in [0.15, 0.2) is 0 Å². The van der Waals surface area contributed by atoms with Crippen LogP contribution in [-0.2, 0) is 38.1 Å². The van der Waals surface area contributed by atoms with Crippen LogP contribution in [-0.4, -0.2) is 46.3 Å². The average molecular weight is 1190 g/mol. The van der Waals surface area contributed by atoms with Gasteiger partial charge in [-0.15, -0.1) is 0 Å². The van der Waals surface area contributed by atoms with Gasteiger partial charge in [-0.2, -0.15) is 0 Å². The van der Waals surface area contributed by atoms with Gasteiger partial charge in [0.2, 0.25) is 0 Å². The fraction of sp³-hybridized carbons (Fsp3) is 0.949. The Hall–Kier alpha value is -2.12. The Morgan fingerprint density at radius 1 is 0.267 bits per heavy atom. The van der Waals surface area contributed by atoms with Crippen LogP contribution >= 0.6 is 0 Å². The minimum atomic E-state index is -1.37. The van der Waals surface area contributed by atoms with E-state index in [0.29, 0.717) is 77.4 Å². The zero-order valence-corrected chi connectivity index (χ0v) is 57.7. The van der Waals surface area contributed by atoms with Crippen LogP contribution in [0.4, 0.5) is 0 Å². The molecule has 0 aromatic heterocycles. The summed E-state index contributed by atoms with van der Waals surface area (Å²) in [4.78, 5) is 65.9. The Morgan fingerprint density at radius 2 is 0.442 bits per heavy atom. The lowest BCUT2D eigenvalue weighted by Crippen LogP contribution is -2.62. The van der Waals surface area contributed by atoms with Crippen molar-refractivity contribution < 1.29 is 38.1 Å². The summed E-state index contributed by atoms with van der Waals surface area (Å²) in [5.74, 6) is 7.21. The van der Waals surface area contributed by atoms with Gasteiger partial charge >= 0.3 is 23.9 Å². The summed E-state index contributed by atoms with van der Waals surface area (Å²) in [6.07, 6.45) is 36.0. The third-order valence-corrected chi connectivity index (χ3v) is 30.9. The number of carbonyl (C=O) groups is 4. The number of ether oxygens (including phenoxy) is 4. The fourth-order valence-electron chi connectivity index (χ4n) is 28.4. The second-order valence-electron chi connectivity index (χ2n) is 36.6. The summed E-state index contributed by atoms with van der Waals surface area (Å²) in [6, 6.07) is 0. The Balaban J connectivity index is 0.940. The van der Waals surface area contributed by atoms with Crippen LogP contribution in [0.1, 0.15) is 328 Å². The van der Waals surface area contributed by atoms with E-state index in [9.17, 15) is 0 Å². The lowest BCUT2D eigenvalue weighted by molar-refractivity contribution is -0.231. The van der Waals surface area contributed by atoms with E-state index >= 15 is 19.2 Å². The molecule has 0 aromatic carbocycles. The molecular weight excluding hydrogens is 1060 g/mol. The van der Waals surface area contributed by atoms with Crippen molar-refractivity contribution in [2.24, 2.45) is 114 Å². The van der Waals surface area contributed by atoms with E-state index in [0.717, 1.165) is 128 Å². The van der Waals surface area contributed by atoms with Crippen molar-refractivity contribution in [3.05, 3.63) is 0 Å². The summed E-state index contributed by atoms with van der Waals surface area (Å²) >= 11 is 0. The summed E-state index contributed by atoms with van der Waals surface area (Å²) in [5, 5.41) is 0. The molecule has 0 amide bonds. The van der Waals surface area contributed by atoms with Crippen LogP contribution < -0.4 is 0 Å². The molecule has 0 saturated heterocycles. The van der Waals surface area contributed by atoms with Gasteiger partial charge in [0.1, 0.15) is 22.4 Å². The highest BCUT2D eigenvalue weighted by Gasteiger charge is 2.68. The van der Waals surface area contributed by atoms with Gasteiger partial charge < -0.3 is 18.9 Å². The minimum Gasteiger partial charge on any atom is -0.458 e. The third-order valence-electron chi connectivity index (χ3n) is 30.9. The van der Waals surface area contributed by atoms with Gasteiger partial charge in [0.25, 0.3) is 0 Å². The first-order valence-electron chi connectivity index (χ1n) is 37.6. The highest BCUT2D eigenvalue weighted by molar-refractivity contribution is 5.85. The SMILES string of the molecule is CCC(C)(CC(C)(CC(C)(CC(C)(C)C(=O)OC(CC)(CC)C12CC3CC(CC(C3)C1)C2)C(=O)OC(CC)(CC)C12CC3CC(CC(C3)C1)C2)C(=O)OC(CC)(CC)C12CC3CC(CC(C3)C1)C2)C(=O)OC(CC)(CC)C12CC3CC(CC(C3)C1)C2. The summed E-state index contributed by atoms with van der Waals surface area (Å²) < 4.78 is 30.1. The molecule has 86 heavy (non-hydrogen) atoms. The van der Waals surface area contributed by atoms with Gasteiger partial charge in [0, 0.05) is 21.7 Å². The highest BCUT2D eigenvalue weighted by atomic mass is 16.6. The molecule has 0 spiro atoms. The van der Waals surface area contributed by atoms with E-state index in [4.69, 9.17) is 18.9 Å². The maximum Gasteiger partial charge on any atom is 0.312 e. The van der Waals surface area contributed by atoms with E-state index in [1.165, 1.54) is 77.0 Å². The van der Waals surface area contributed by atoms with Crippen molar-refractivity contribution in [2.45, 2.75) is 350 Å². The topological polar surface area (TPSA) is 105 Å². The predicted molar refractivity (Wildman–Crippen MR) is 342 cm³/mol. The molecule has 16 bridgehead atoms. The molecule has 3 unspecified atom stereocenters. The van der Waals surface area contributed by atoms with Crippen LogP contribution in [0.25, 0.3) is 0 Å². The number of esters is 4. The largest absolute Gasteiger partial charge is 0.458 e. The molecule has 3 atom stereocenters. The lowest BCUT2D eigenvalue weighted by atomic mass is 9.44. The zero-order chi connectivity index (χ0) is 61.5. The summed E-state index contributed by atoms with van der Waals surface area (Å²) in [6.45, 7) is 30.4. The molecule has 0 radical (unpaired) electrons. The van der Waals surface area contributed by atoms with Crippen molar-refractivity contribution in [3.8, 4) is 0 Å². The fourth-order valence-corrected chi connectivity index (χ4v) is 28.4. The molecule has 0 aromatic rings. The van der Waals surface area contributed by atoms with Gasteiger partial charge in [0.15, 0.2) is 0 Å². The predicted octanol–water partition coefficient (Wildman–Crippen LogP) is 19.9. The minimum absolute atomic E-state index is 0.0366. The van der Waals surface area contributed by atoms with Crippen molar-refractivity contribution in [1.29, 1.82) is 0 Å². The Bertz CT molecular complexity index is 2390. The van der Waals surface area contributed by atoms with Crippen molar-refractivity contribution in [2.75, 3.05) is 0 Å². The van der Waals surface area contributed by atoms with Gasteiger partial charge in [-0.05, 0) is 337 Å². The molecule has 16 aliphatic rings. The molecule has 16 aliphatic carbocycles. The molecular formula is C78H126O8. The van der Waals surface area contributed by atoms with Gasteiger partial charge in [-0.25, -0.2) is 0 Å². The number of hydrogen-bond acceptors (Lipinski definition) is 8. The monoisotopic (exact) mass is 1190 g/mol. The molecule has 0 aliphatic heterocycles.